The van der Waals surface area contributed by atoms with Gasteiger partial charge in [0, 0.05) is 12.6 Å². The lowest BCUT2D eigenvalue weighted by atomic mass is 9.93. The second-order valence-electron chi connectivity index (χ2n) is 4.35. The van der Waals surface area contributed by atoms with E-state index in [0.717, 1.165) is 19.4 Å². The Hall–Kier alpha value is -1.10. The van der Waals surface area contributed by atoms with Crippen molar-refractivity contribution in [2.75, 3.05) is 19.6 Å². The average molecular weight is 227 g/mol. The zero-order valence-corrected chi connectivity index (χ0v) is 10.0. The van der Waals surface area contributed by atoms with E-state index in [1.807, 2.05) is 13.8 Å². The summed E-state index contributed by atoms with van der Waals surface area (Å²) in [6.07, 6.45) is 1.65. The van der Waals surface area contributed by atoms with Crippen molar-refractivity contribution < 1.29 is 9.59 Å². The van der Waals surface area contributed by atoms with Crippen LogP contribution >= 0.6 is 0 Å². The summed E-state index contributed by atoms with van der Waals surface area (Å²) < 4.78 is 0. The largest absolute Gasteiger partial charge is 0.369 e. The molecule has 1 saturated heterocycles. The molecule has 2 atom stereocenters. The van der Waals surface area contributed by atoms with Crippen molar-refractivity contribution in [2.24, 2.45) is 11.7 Å². The number of likely N-dealkylation sites (tertiary alicyclic amines) is 1. The number of nitrogens with one attached hydrogen (secondary N) is 1. The van der Waals surface area contributed by atoms with Gasteiger partial charge in [0.05, 0.1) is 12.5 Å². The lowest BCUT2D eigenvalue weighted by molar-refractivity contribution is -0.136. The van der Waals surface area contributed by atoms with Gasteiger partial charge in [0.25, 0.3) is 0 Å². The van der Waals surface area contributed by atoms with E-state index >= 15 is 0 Å². The van der Waals surface area contributed by atoms with E-state index < -0.39 is 0 Å². The van der Waals surface area contributed by atoms with Crippen molar-refractivity contribution in [3.63, 3.8) is 0 Å². The monoisotopic (exact) mass is 227 g/mol. The van der Waals surface area contributed by atoms with Gasteiger partial charge in [0.15, 0.2) is 0 Å². The molecule has 16 heavy (non-hydrogen) atoms. The van der Waals surface area contributed by atoms with Crippen LogP contribution < -0.4 is 11.1 Å². The van der Waals surface area contributed by atoms with E-state index in [2.05, 4.69) is 5.32 Å². The molecule has 0 aromatic rings. The summed E-state index contributed by atoms with van der Waals surface area (Å²) in [4.78, 5) is 24.7. The summed E-state index contributed by atoms with van der Waals surface area (Å²) in [7, 11) is 0. The molecule has 0 saturated carbocycles. The Kier molecular flexibility index (Phi) is 4.73. The van der Waals surface area contributed by atoms with Crippen molar-refractivity contribution in [2.45, 2.75) is 32.7 Å². The fourth-order valence-corrected chi connectivity index (χ4v) is 2.02. The first-order valence-corrected chi connectivity index (χ1v) is 5.85. The van der Waals surface area contributed by atoms with Crippen molar-refractivity contribution in [1.82, 2.24) is 10.2 Å². The standard InChI is InChI=1S/C11H21N3O2/c1-3-13-6-10(15)14-7-9(11(12)16)5-4-8(14)2/h8-9,13H,3-7H2,1-2H3,(H2,12,16). The molecule has 0 aromatic heterocycles. The molecule has 1 fully saturated rings. The molecule has 5 heteroatoms. The van der Waals surface area contributed by atoms with E-state index in [4.69, 9.17) is 5.73 Å². The number of primary amides is 1. The molecule has 3 N–H and O–H groups in total. The predicted octanol–water partition coefficient (Wildman–Crippen LogP) is -0.292. The molecule has 0 radical (unpaired) electrons. The highest BCUT2D eigenvalue weighted by atomic mass is 16.2. The van der Waals surface area contributed by atoms with Crippen LogP contribution in [0.25, 0.3) is 0 Å². The van der Waals surface area contributed by atoms with E-state index in [1.54, 1.807) is 4.90 Å². The van der Waals surface area contributed by atoms with Crippen molar-refractivity contribution in [3.8, 4) is 0 Å². The zero-order chi connectivity index (χ0) is 12.1. The fraction of sp³-hybridized carbons (Fsp3) is 0.818. The molecule has 1 heterocycles. The average Bonchev–Trinajstić information content (AvgIpc) is 2.26. The first-order valence-electron chi connectivity index (χ1n) is 5.85. The maximum absolute atomic E-state index is 11.8. The summed E-state index contributed by atoms with van der Waals surface area (Å²) >= 11 is 0. The minimum absolute atomic E-state index is 0.0558. The van der Waals surface area contributed by atoms with Gasteiger partial charge < -0.3 is 16.0 Å². The second-order valence-corrected chi connectivity index (χ2v) is 4.35. The topological polar surface area (TPSA) is 75.4 Å². The van der Waals surface area contributed by atoms with Gasteiger partial charge in [0.2, 0.25) is 11.8 Å². The smallest absolute Gasteiger partial charge is 0.236 e. The number of nitrogens with zero attached hydrogens (tertiary/aromatic N) is 1. The van der Waals surface area contributed by atoms with Crippen LogP contribution in [-0.2, 0) is 9.59 Å². The van der Waals surface area contributed by atoms with Gasteiger partial charge in [0.1, 0.15) is 0 Å². The Morgan fingerprint density at radius 2 is 2.12 bits per heavy atom. The number of carbonyl (C=O) groups excluding carboxylic acids is 2. The van der Waals surface area contributed by atoms with Crippen molar-refractivity contribution >= 4 is 11.8 Å². The first-order chi connectivity index (χ1) is 7.56. The van der Waals surface area contributed by atoms with E-state index in [-0.39, 0.29) is 23.8 Å². The molecule has 0 bridgehead atoms. The second kappa shape index (κ2) is 5.84. The van der Waals surface area contributed by atoms with Crippen LogP contribution in [-0.4, -0.2) is 42.4 Å². The maximum Gasteiger partial charge on any atom is 0.236 e. The third-order valence-corrected chi connectivity index (χ3v) is 3.13. The summed E-state index contributed by atoms with van der Waals surface area (Å²) in [5.41, 5.74) is 5.28. The SMILES string of the molecule is CCNCC(=O)N1CC(C(N)=O)CCC1C. The number of piperidine rings is 1. The van der Waals surface area contributed by atoms with Crippen LogP contribution in [0.3, 0.4) is 0 Å². The number of hydrogen-bond donors (Lipinski definition) is 2. The van der Waals surface area contributed by atoms with Crippen molar-refractivity contribution in [3.05, 3.63) is 0 Å². The van der Waals surface area contributed by atoms with Crippen LogP contribution in [0.2, 0.25) is 0 Å². The summed E-state index contributed by atoms with van der Waals surface area (Å²) in [5.74, 6) is -0.421. The lowest BCUT2D eigenvalue weighted by Gasteiger charge is -2.37. The molecule has 2 amide bonds. The van der Waals surface area contributed by atoms with Gasteiger partial charge in [-0.1, -0.05) is 6.92 Å². The Bertz CT molecular complexity index is 268. The first kappa shape index (κ1) is 13.0. The number of hydrogen-bond acceptors (Lipinski definition) is 3. The molecule has 92 valence electrons. The highest BCUT2D eigenvalue weighted by Crippen LogP contribution is 2.21. The number of rotatable bonds is 4. The van der Waals surface area contributed by atoms with Gasteiger partial charge in [-0.15, -0.1) is 0 Å². The normalized spacial score (nSPS) is 25.5. The maximum atomic E-state index is 11.8. The molecule has 0 aliphatic carbocycles. The number of nitrogens with two attached hydrogens (primary N) is 1. The van der Waals surface area contributed by atoms with Crippen LogP contribution in [0, 0.1) is 5.92 Å². The van der Waals surface area contributed by atoms with Gasteiger partial charge in [-0.2, -0.15) is 0 Å². The Morgan fingerprint density at radius 1 is 1.44 bits per heavy atom. The number of amides is 2. The Morgan fingerprint density at radius 3 is 2.69 bits per heavy atom. The van der Waals surface area contributed by atoms with E-state index in [0.29, 0.717) is 13.1 Å². The van der Waals surface area contributed by atoms with Gasteiger partial charge in [-0.05, 0) is 26.3 Å². The third kappa shape index (κ3) is 3.20. The highest BCUT2D eigenvalue weighted by Gasteiger charge is 2.31. The Labute approximate surface area is 96.4 Å². The minimum atomic E-state index is -0.298. The molecule has 2 unspecified atom stereocenters. The van der Waals surface area contributed by atoms with Crippen molar-refractivity contribution in [1.29, 1.82) is 0 Å². The molecule has 0 aromatic carbocycles. The van der Waals surface area contributed by atoms with Crippen LogP contribution in [0.5, 0.6) is 0 Å². The quantitative estimate of drug-likeness (QED) is 0.693. The van der Waals surface area contributed by atoms with Gasteiger partial charge >= 0.3 is 0 Å². The molecule has 1 aliphatic rings. The van der Waals surface area contributed by atoms with E-state index in [9.17, 15) is 9.59 Å². The lowest BCUT2D eigenvalue weighted by Crippen LogP contribution is -2.51. The molecule has 5 nitrogen and oxygen atoms in total. The zero-order valence-electron chi connectivity index (χ0n) is 10.0. The van der Waals surface area contributed by atoms with Gasteiger partial charge in [-0.3, -0.25) is 9.59 Å². The molecular weight excluding hydrogens is 206 g/mol. The van der Waals surface area contributed by atoms with Crippen LogP contribution in [0.15, 0.2) is 0 Å². The number of carbonyl (C=O) groups is 2. The third-order valence-electron chi connectivity index (χ3n) is 3.13. The highest BCUT2D eigenvalue weighted by molar-refractivity contribution is 5.81. The summed E-state index contributed by atoms with van der Waals surface area (Å²) in [6.45, 7) is 5.56. The fourth-order valence-electron chi connectivity index (χ4n) is 2.02. The molecule has 1 aliphatic heterocycles. The van der Waals surface area contributed by atoms with E-state index in [1.165, 1.54) is 0 Å². The predicted molar refractivity (Wildman–Crippen MR) is 61.6 cm³/mol. The minimum Gasteiger partial charge on any atom is -0.369 e. The molecule has 0 spiro atoms. The Balaban J connectivity index is 2.55. The van der Waals surface area contributed by atoms with Gasteiger partial charge in [-0.25, -0.2) is 0 Å². The molecule has 1 rings (SSSR count). The summed E-state index contributed by atoms with van der Waals surface area (Å²) in [5, 5.41) is 3.00. The number of likely N-dealkylation sites (N-methyl/N-ethyl adjacent to an activating group) is 1. The summed E-state index contributed by atoms with van der Waals surface area (Å²) in [6, 6.07) is 0.210. The van der Waals surface area contributed by atoms with Crippen LogP contribution in [0.1, 0.15) is 26.7 Å². The molecular formula is C11H21N3O2. The van der Waals surface area contributed by atoms with Crippen LogP contribution in [0.4, 0.5) is 0 Å².